The van der Waals surface area contributed by atoms with Crippen molar-refractivity contribution in [2.45, 2.75) is 39.7 Å². The van der Waals surface area contributed by atoms with Gasteiger partial charge in [0.25, 0.3) is 0 Å². The van der Waals surface area contributed by atoms with Crippen molar-refractivity contribution < 1.29 is 17.9 Å². The van der Waals surface area contributed by atoms with E-state index in [4.69, 9.17) is 35.8 Å². The first-order valence-electron chi connectivity index (χ1n) is 9.07. The number of nitrogens with one attached hydrogen (secondary N) is 1. The molecule has 0 radical (unpaired) electrons. The van der Waals surface area contributed by atoms with E-state index in [-0.39, 0.29) is 6.10 Å². The zero-order valence-corrected chi connectivity index (χ0v) is 18.1. The zero-order valence-electron chi connectivity index (χ0n) is 16.4. The summed E-state index contributed by atoms with van der Waals surface area (Å²) >= 11 is 4.34. The smallest absolute Gasteiger partial charge is 0.335 e. The lowest BCUT2D eigenvalue weighted by atomic mass is 10.2. The summed E-state index contributed by atoms with van der Waals surface area (Å²) in [6, 6.07) is 9.52. The van der Waals surface area contributed by atoms with Crippen LogP contribution in [0.15, 0.2) is 36.5 Å². The number of nitrogens with zero attached hydrogens (tertiary/aromatic N) is 1. The van der Waals surface area contributed by atoms with Crippen LogP contribution in [0, 0.1) is 6.92 Å². The fraction of sp³-hybridized carbons (Fsp3) is 0.300. The van der Waals surface area contributed by atoms with Gasteiger partial charge in [0.1, 0.15) is 16.5 Å². The highest BCUT2D eigenvalue weighted by Gasteiger charge is 2.15. The Morgan fingerprint density at radius 3 is 2.48 bits per heavy atom. The molecule has 29 heavy (non-hydrogen) atoms. The number of hydrogen-bond donors (Lipinski definition) is 2. The molecule has 3 N–H and O–H groups in total. The topological polar surface area (TPSA) is 107 Å². The van der Waals surface area contributed by atoms with Gasteiger partial charge in [-0.1, -0.05) is 32.1 Å². The van der Waals surface area contributed by atoms with E-state index in [0.717, 1.165) is 35.1 Å². The Labute approximate surface area is 178 Å². The lowest BCUT2D eigenvalue weighted by molar-refractivity contribution is 0.194. The molecule has 0 atom stereocenters. The van der Waals surface area contributed by atoms with Crippen molar-refractivity contribution >= 4 is 39.7 Å². The van der Waals surface area contributed by atoms with Crippen LogP contribution < -0.4 is 15.2 Å². The number of aromatic nitrogens is 2. The molecule has 7 nitrogen and oxygen atoms in total. The lowest BCUT2D eigenvalue weighted by Gasteiger charge is -2.17. The van der Waals surface area contributed by atoms with E-state index in [9.17, 15) is 0 Å². The van der Waals surface area contributed by atoms with Crippen molar-refractivity contribution in [3.05, 3.63) is 47.8 Å². The third-order valence-electron chi connectivity index (χ3n) is 4.24. The average molecular weight is 434 g/mol. The van der Waals surface area contributed by atoms with E-state index >= 15 is 0 Å². The van der Waals surface area contributed by atoms with Gasteiger partial charge in [0.2, 0.25) is 5.88 Å². The molecule has 154 valence electrons. The molecule has 0 aliphatic heterocycles. The maximum absolute atomic E-state index is 8.29. The molecule has 0 aliphatic rings. The fourth-order valence-corrected chi connectivity index (χ4v) is 2.85. The molecule has 2 aromatic heterocycles. The maximum Gasteiger partial charge on any atom is 0.335 e. The van der Waals surface area contributed by atoms with Gasteiger partial charge in [-0.05, 0) is 37.5 Å². The highest BCUT2D eigenvalue weighted by Crippen LogP contribution is 2.34. The van der Waals surface area contributed by atoms with E-state index in [2.05, 4.69) is 23.8 Å². The minimum atomic E-state index is -0.750. The summed E-state index contributed by atoms with van der Waals surface area (Å²) in [5.41, 5.74) is 8.42. The molecule has 0 amide bonds. The van der Waals surface area contributed by atoms with E-state index < -0.39 is 11.6 Å². The number of benzene rings is 1. The van der Waals surface area contributed by atoms with Gasteiger partial charge in [-0.15, -0.1) is 0 Å². The number of rotatable bonds is 7. The van der Waals surface area contributed by atoms with Crippen molar-refractivity contribution in [3.63, 3.8) is 0 Å². The number of thiocarbonyl (C=S) groups is 1. The van der Waals surface area contributed by atoms with Gasteiger partial charge >= 0.3 is 11.6 Å². The Kier molecular flexibility index (Phi) is 8.29. The molecular weight excluding hydrogens is 410 g/mol. The largest absolute Gasteiger partial charge is 0.488 e. The van der Waals surface area contributed by atoms with Crippen molar-refractivity contribution in [2.24, 2.45) is 5.73 Å². The van der Waals surface area contributed by atoms with Crippen molar-refractivity contribution in [1.29, 1.82) is 0 Å². The SMILES string of the molecule is CCC(CC)Oc1cc(Oc2ccc(C)cn2)cc2cc(C(N)=S)[nH]c12.O=S=O. The summed E-state index contributed by atoms with van der Waals surface area (Å²) in [7, 11) is 0. The van der Waals surface area contributed by atoms with Crippen LogP contribution in [0.4, 0.5) is 0 Å². The third-order valence-corrected chi connectivity index (χ3v) is 4.46. The van der Waals surface area contributed by atoms with Gasteiger partial charge < -0.3 is 20.2 Å². The average Bonchev–Trinajstić information content (AvgIpc) is 3.13. The number of fused-ring (bicyclic) bond motifs is 1. The number of aryl methyl sites for hydroxylation is 1. The summed E-state index contributed by atoms with van der Waals surface area (Å²) in [5.74, 6) is 1.91. The van der Waals surface area contributed by atoms with Gasteiger partial charge in [-0.2, -0.15) is 8.42 Å². The molecule has 0 aliphatic carbocycles. The number of hydrogen-bond acceptors (Lipinski definition) is 6. The fourth-order valence-electron chi connectivity index (χ4n) is 2.74. The highest BCUT2D eigenvalue weighted by atomic mass is 32.1. The summed E-state index contributed by atoms with van der Waals surface area (Å²) in [6.07, 6.45) is 3.75. The number of pyridine rings is 1. The quantitative estimate of drug-likeness (QED) is 0.538. The van der Waals surface area contributed by atoms with Crippen LogP contribution in [-0.2, 0) is 11.6 Å². The van der Waals surface area contributed by atoms with Crippen LogP contribution in [-0.4, -0.2) is 29.5 Å². The maximum atomic E-state index is 8.29. The normalized spacial score (nSPS) is 10.3. The summed E-state index contributed by atoms with van der Waals surface area (Å²) in [4.78, 5) is 7.87. The Balaban J connectivity index is 0.000000941. The second-order valence-electron chi connectivity index (χ2n) is 6.33. The zero-order chi connectivity index (χ0) is 21.4. The Bertz CT molecular complexity index is 1010. The van der Waals surface area contributed by atoms with Gasteiger partial charge in [-0.25, -0.2) is 4.98 Å². The Hall–Kier alpha value is -2.78. The molecule has 0 saturated carbocycles. The molecule has 1 aromatic carbocycles. The van der Waals surface area contributed by atoms with Crippen molar-refractivity contribution in [2.75, 3.05) is 0 Å². The summed E-state index contributed by atoms with van der Waals surface area (Å²) in [5, 5.41) is 0.929. The van der Waals surface area contributed by atoms with Crippen LogP contribution >= 0.6 is 12.2 Å². The van der Waals surface area contributed by atoms with Crippen LogP contribution in [0.1, 0.15) is 37.9 Å². The van der Waals surface area contributed by atoms with E-state index in [1.165, 1.54) is 0 Å². The van der Waals surface area contributed by atoms with Gasteiger partial charge in [0.15, 0.2) is 0 Å². The van der Waals surface area contributed by atoms with E-state index in [1.807, 2.05) is 37.3 Å². The van der Waals surface area contributed by atoms with E-state index in [1.54, 1.807) is 6.20 Å². The van der Waals surface area contributed by atoms with Crippen molar-refractivity contribution in [1.82, 2.24) is 9.97 Å². The highest BCUT2D eigenvalue weighted by molar-refractivity contribution is 7.80. The Morgan fingerprint density at radius 2 is 1.93 bits per heavy atom. The number of nitrogens with two attached hydrogens (primary N) is 1. The predicted molar refractivity (Wildman–Crippen MR) is 117 cm³/mol. The summed E-state index contributed by atoms with van der Waals surface area (Å²) in [6.45, 7) is 6.20. The molecule has 0 unspecified atom stereocenters. The second-order valence-corrected chi connectivity index (χ2v) is 6.91. The molecule has 3 rings (SSSR count). The standard InChI is InChI=1S/C20H23N3O2S.O2S/c1-4-14(5-2)24-17-10-15(25-18-7-6-12(3)11-22-18)8-13-9-16(20(21)26)23-19(13)17;1-3-2/h6-11,14,23H,4-5H2,1-3H3,(H2,21,26);. The van der Waals surface area contributed by atoms with Crippen LogP contribution in [0.5, 0.6) is 17.4 Å². The number of aromatic amines is 1. The molecule has 2 heterocycles. The van der Waals surface area contributed by atoms with E-state index in [0.29, 0.717) is 22.3 Å². The van der Waals surface area contributed by atoms with Crippen LogP contribution in [0.2, 0.25) is 0 Å². The lowest BCUT2D eigenvalue weighted by Crippen LogP contribution is -2.14. The minimum Gasteiger partial charge on any atom is -0.488 e. The number of H-pyrrole nitrogens is 1. The van der Waals surface area contributed by atoms with Gasteiger partial charge in [0, 0.05) is 23.7 Å². The first-order valence-corrected chi connectivity index (χ1v) is 10.1. The molecule has 0 spiro atoms. The van der Waals surface area contributed by atoms with Gasteiger partial charge in [0.05, 0.1) is 17.3 Å². The van der Waals surface area contributed by atoms with Crippen LogP contribution in [0.25, 0.3) is 10.9 Å². The minimum absolute atomic E-state index is 0.127. The van der Waals surface area contributed by atoms with Gasteiger partial charge in [-0.3, -0.25) is 0 Å². The Morgan fingerprint density at radius 1 is 1.24 bits per heavy atom. The molecule has 9 heteroatoms. The molecular formula is C20H23N3O4S2. The first kappa shape index (κ1) is 22.5. The molecule has 0 bridgehead atoms. The summed E-state index contributed by atoms with van der Waals surface area (Å²) < 4.78 is 28.7. The molecule has 3 aromatic rings. The molecule has 0 fully saturated rings. The van der Waals surface area contributed by atoms with Crippen molar-refractivity contribution in [3.8, 4) is 17.4 Å². The predicted octanol–water partition coefficient (Wildman–Crippen LogP) is 4.20. The number of ether oxygens (including phenoxy) is 2. The first-order chi connectivity index (χ1) is 13.9. The third kappa shape index (κ3) is 6.10. The second kappa shape index (κ2) is 10.7. The monoisotopic (exact) mass is 433 g/mol. The molecule has 0 saturated heterocycles. The van der Waals surface area contributed by atoms with Crippen LogP contribution in [0.3, 0.4) is 0 Å².